The Bertz CT molecular complexity index is 1760. The summed E-state index contributed by atoms with van der Waals surface area (Å²) in [5.74, 6) is 0. The average Bonchev–Trinajstić information content (AvgIpc) is 3.00. The molecule has 7 aromatic rings. The van der Waals surface area contributed by atoms with Gasteiger partial charge < -0.3 is 0 Å². The fraction of sp³-hybridized carbons (Fsp3) is 0.0270. The van der Waals surface area contributed by atoms with Gasteiger partial charge in [-0.2, -0.15) is 0 Å². The third-order valence-corrected chi connectivity index (χ3v) is 21.8. The molecule has 0 heterocycles. The van der Waals surface area contributed by atoms with Crippen LogP contribution in [0.15, 0.2) is 152 Å². The molecule has 0 amide bonds. The molecule has 7 aromatic carbocycles. The first kappa shape index (κ1) is 23.3. The topological polar surface area (TPSA) is 0 Å². The first-order chi connectivity index (χ1) is 18.8. The molecule has 0 radical (unpaired) electrons. The molecule has 0 nitrogen and oxygen atoms in total. The van der Waals surface area contributed by atoms with Crippen molar-refractivity contribution >= 4 is 67.5 Å². The van der Waals surface area contributed by atoms with Gasteiger partial charge in [-0.05, 0) is 0 Å². The maximum atomic E-state index is 2.47. The molecule has 0 aliphatic heterocycles. The third-order valence-electron chi connectivity index (χ3n) is 8.08. The Morgan fingerprint density at radius 1 is 0.421 bits per heavy atom. The molecule has 180 valence electrons. The van der Waals surface area contributed by atoms with Crippen LogP contribution >= 0.6 is 0 Å². The predicted octanol–water partition coefficient (Wildman–Crippen LogP) is 7.77. The van der Waals surface area contributed by atoms with E-state index in [1.807, 2.05) is 0 Å². The van der Waals surface area contributed by atoms with Crippen molar-refractivity contribution in [2.45, 2.75) is 4.44 Å². The zero-order valence-corrected chi connectivity index (χ0v) is 24.1. The molecule has 0 unspecified atom stereocenters. The molecule has 1 heteroatoms. The first-order valence-corrected chi connectivity index (χ1v) is 19.6. The summed E-state index contributed by atoms with van der Waals surface area (Å²) >= 11 is -3.32. The Morgan fingerprint density at radius 3 is 1.45 bits per heavy atom. The van der Waals surface area contributed by atoms with Crippen molar-refractivity contribution in [1.82, 2.24) is 0 Å². The van der Waals surface area contributed by atoms with Crippen LogP contribution in [0.25, 0.3) is 38.4 Å². The van der Waals surface area contributed by atoms with Gasteiger partial charge >= 0.3 is 229 Å². The molecule has 0 N–H and O–H groups in total. The molecule has 0 spiro atoms. The monoisotopic (exact) mass is 592 g/mol. The van der Waals surface area contributed by atoms with Gasteiger partial charge in [-0.25, -0.2) is 0 Å². The molecule has 0 aromatic heterocycles. The summed E-state index contributed by atoms with van der Waals surface area (Å²) in [6.07, 6.45) is 4.85. The molecule has 0 aliphatic rings. The molecular formula is C37H28Sn. The number of rotatable bonds is 6. The van der Waals surface area contributed by atoms with Crippen molar-refractivity contribution in [1.29, 1.82) is 0 Å². The second-order valence-corrected chi connectivity index (χ2v) is 21.4. The number of hydrogen-bond donors (Lipinski definition) is 0. The average molecular weight is 591 g/mol. The first-order valence-electron chi connectivity index (χ1n) is 13.3. The third kappa shape index (κ3) is 3.83. The second-order valence-electron chi connectivity index (χ2n) is 10.1. The van der Waals surface area contributed by atoms with Gasteiger partial charge in [-0.1, -0.05) is 0 Å². The molecule has 0 saturated carbocycles. The van der Waals surface area contributed by atoms with E-state index in [2.05, 4.69) is 158 Å². The molecule has 0 aliphatic carbocycles. The van der Waals surface area contributed by atoms with Crippen molar-refractivity contribution < 1.29 is 0 Å². The standard InChI is InChI=1S/C19H13.3C6H5.Sn/c1-2-4-13-7-8-16-10-9-14-5-3-6-15-11-12-17(13)19(16)18(14)15;3*1-2-4-6-5-3-1;/h2-12H,1H2;3*1-5H;/b4-2+;;;;. The van der Waals surface area contributed by atoms with Gasteiger partial charge in [0.1, 0.15) is 0 Å². The van der Waals surface area contributed by atoms with E-state index < -0.39 is 18.4 Å². The van der Waals surface area contributed by atoms with E-state index in [0.717, 1.165) is 4.44 Å². The van der Waals surface area contributed by atoms with Gasteiger partial charge in [0.05, 0.1) is 0 Å². The van der Waals surface area contributed by atoms with Crippen LogP contribution in [0.4, 0.5) is 0 Å². The maximum absolute atomic E-state index is 3.32. The van der Waals surface area contributed by atoms with Crippen LogP contribution in [-0.2, 0) is 0 Å². The Hall–Kier alpha value is -3.88. The fourth-order valence-electron chi connectivity index (χ4n) is 6.29. The van der Waals surface area contributed by atoms with Crippen LogP contribution in [0.1, 0.15) is 5.56 Å². The van der Waals surface area contributed by atoms with Gasteiger partial charge in [0.25, 0.3) is 0 Å². The molecule has 7 rings (SSSR count). The number of hydrogen-bond acceptors (Lipinski definition) is 0. The van der Waals surface area contributed by atoms with E-state index in [1.54, 1.807) is 0 Å². The number of allylic oxidation sites excluding steroid dienone is 1. The van der Waals surface area contributed by atoms with E-state index in [4.69, 9.17) is 0 Å². The SMILES string of the molecule is C(=C\c1ccc2ccc3cccc4ccc1c2c34)/[CH2][Sn]([c]1ccccc1)([c]1ccccc1)[c]1ccccc1. The summed E-state index contributed by atoms with van der Waals surface area (Å²) < 4.78 is 5.60. The number of benzene rings is 7. The Kier molecular flexibility index (Phi) is 5.98. The minimum absolute atomic E-state index is 1.06. The fourth-order valence-corrected chi connectivity index (χ4v) is 19.0. The molecule has 0 bridgehead atoms. The van der Waals surface area contributed by atoms with E-state index in [0.29, 0.717) is 0 Å². The van der Waals surface area contributed by atoms with Crippen molar-refractivity contribution in [3.8, 4) is 0 Å². The van der Waals surface area contributed by atoms with Gasteiger partial charge in [-0.15, -0.1) is 0 Å². The summed E-state index contributed by atoms with van der Waals surface area (Å²) in [7, 11) is 0. The van der Waals surface area contributed by atoms with E-state index in [9.17, 15) is 0 Å². The van der Waals surface area contributed by atoms with Crippen LogP contribution in [-0.4, -0.2) is 18.4 Å². The van der Waals surface area contributed by atoms with E-state index in [-0.39, 0.29) is 0 Å². The summed E-state index contributed by atoms with van der Waals surface area (Å²) in [6.45, 7) is 0. The van der Waals surface area contributed by atoms with Gasteiger partial charge in [0.2, 0.25) is 0 Å². The van der Waals surface area contributed by atoms with Crippen molar-refractivity contribution in [2.75, 3.05) is 0 Å². The molecule has 38 heavy (non-hydrogen) atoms. The molecule has 0 atom stereocenters. The zero-order valence-electron chi connectivity index (χ0n) is 21.2. The van der Waals surface area contributed by atoms with Crippen LogP contribution in [0.3, 0.4) is 0 Å². The summed E-state index contributed by atoms with van der Waals surface area (Å²) in [5, 5.41) is 8.04. The van der Waals surface area contributed by atoms with Gasteiger partial charge in [0, 0.05) is 0 Å². The Labute approximate surface area is 228 Å². The van der Waals surface area contributed by atoms with Gasteiger partial charge in [-0.3, -0.25) is 0 Å². The quantitative estimate of drug-likeness (QED) is 0.137. The Balaban J connectivity index is 1.39. The minimum atomic E-state index is -3.32. The summed E-state index contributed by atoms with van der Waals surface area (Å²) in [4.78, 5) is 0. The predicted molar refractivity (Wildman–Crippen MR) is 168 cm³/mol. The Morgan fingerprint density at radius 2 is 0.895 bits per heavy atom. The van der Waals surface area contributed by atoms with Gasteiger partial charge in [0.15, 0.2) is 0 Å². The second kappa shape index (κ2) is 9.78. The summed E-state index contributed by atoms with van der Waals surface area (Å²) in [5.41, 5.74) is 1.30. The van der Waals surface area contributed by atoms with Crippen molar-refractivity contribution in [2.24, 2.45) is 0 Å². The van der Waals surface area contributed by atoms with Crippen LogP contribution in [0.2, 0.25) is 4.44 Å². The molecule has 0 saturated heterocycles. The van der Waals surface area contributed by atoms with Crippen LogP contribution < -0.4 is 10.7 Å². The van der Waals surface area contributed by atoms with Crippen LogP contribution in [0, 0.1) is 0 Å². The summed E-state index contributed by atoms with van der Waals surface area (Å²) in [6, 6.07) is 54.1. The van der Waals surface area contributed by atoms with Crippen molar-refractivity contribution in [3.05, 3.63) is 157 Å². The normalized spacial score (nSPS) is 12.2. The molecular weight excluding hydrogens is 563 g/mol. The van der Waals surface area contributed by atoms with E-state index in [1.165, 1.54) is 48.6 Å². The molecule has 0 fully saturated rings. The van der Waals surface area contributed by atoms with Crippen molar-refractivity contribution in [3.63, 3.8) is 0 Å². The zero-order chi connectivity index (χ0) is 25.4. The van der Waals surface area contributed by atoms with E-state index >= 15 is 0 Å². The van der Waals surface area contributed by atoms with Crippen LogP contribution in [0.5, 0.6) is 0 Å².